The van der Waals surface area contributed by atoms with Gasteiger partial charge in [-0.2, -0.15) is 0 Å². The van der Waals surface area contributed by atoms with Crippen LogP contribution in [-0.2, 0) is 6.42 Å². The Balaban J connectivity index is 2.09. The van der Waals surface area contributed by atoms with Crippen LogP contribution in [-0.4, -0.2) is 17.7 Å². The summed E-state index contributed by atoms with van der Waals surface area (Å²) < 4.78 is 5.43. The van der Waals surface area contributed by atoms with E-state index in [2.05, 4.69) is 0 Å². The molecule has 1 aromatic carbocycles. The van der Waals surface area contributed by atoms with E-state index in [1.807, 2.05) is 29.6 Å². The van der Waals surface area contributed by atoms with Crippen molar-refractivity contribution in [2.75, 3.05) is 6.61 Å². The summed E-state index contributed by atoms with van der Waals surface area (Å²) in [6, 6.07) is 7.71. The van der Waals surface area contributed by atoms with Gasteiger partial charge in [-0.05, 0) is 34.7 Å². The van der Waals surface area contributed by atoms with Crippen LogP contribution in [0.4, 0.5) is 0 Å². The number of carboxylic acid groups (broad SMARTS) is 1. The third-order valence-electron chi connectivity index (χ3n) is 2.86. The molecule has 2 aromatic rings. The van der Waals surface area contributed by atoms with E-state index in [9.17, 15) is 4.79 Å². The van der Waals surface area contributed by atoms with Gasteiger partial charge in [0.05, 0.1) is 6.61 Å². The average Bonchev–Trinajstić information content (AvgIpc) is 2.96. The van der Waals surface area contributed by atoms with Gasteiger partial charge in [-0.1, -0.05) is 6.07 Å². The summed E-state index contributed by atoms with van der Waals surface area (Å²) in [5.74, 6) is 0.0487. The highest BCUT2D eigenvalue weighted by atomic mass is 32.1. The lowest BCUT2D eigenvalue weighted by molar-refractivity contribution is 0.0703. The lowest BCUT2D eigenvalue weighted by atomic mass is 10.0. The lowest BCUT2D eigenvalue weighted by Crippen LogP contribution is -1.94. The Kier molecular flexibility index (Phi) is 2.37. The van der Waals surface area contributed by atoms with Crippen molar-refractivity contribution in [1.82, 2.24) is 0 Å². The molecule has 1 aliphatic rings. The molecule has 1 aromatic heterocycles. The first-order valence-electron chi connectivity index (χ1n) is 5.32. The fourth-order valence-electron chi connectivity index (χ4n) is 2.06. The molecule has 0 amide bonds. The molecule has 0 saturated heterocycles. The smallest absolute Gasteiger partial charge is 0.346 e. The second-order valence-electron chi connectivity index (χ2n) is 3.89. The number of carboxylic acids is 1. The molecule has 3 nitrogen and oxygen atoms in total. The summed E-state index contributed by atoms with van der Waals surface area (Å²) >= 11 is 1.25. The maximum Gasteiger partial charge on any atom is 0.346 e. The Bertz CT molecular complexity index is 586. The van der Waals surface area contributed by atoms with Crippen molar-refractivity contribution in [3.63, 3.8) is 0 Å². The van der Waals surface area contributed by atoms with E-state index in [1.54, 1.807) is 0 Å². The number of aromatic carboxylic acids is 1. The minimum Gasteiger partial charge on any atom is -0.493 e. The van der Waals surface area contributed by atoms with Crippen LogP contribution < -0.4 is 4.74 Å². The van der Waals surface area contributed by atoms with Crippen LogP contribution in [0.15, 0.2) is 29.6 Å². The SMILES string of the molecule is O=C(O)c1sccc1-c1ccc2c(c1)CCO2. The average molecular weight is 246 g/mol. The fraction of sp³-hybridized carbons (Fsp3) is 0.154. The molecule has 4 heteroatoms. The van der Waals surface area contributed by atoms with Gasteiger partial charge >= 0.3 is 5.97 Å². The van der Waals surface area contributed by atoms with Crippen LogP contribution in [0, 0.1) is 0 Å². The maximum absolute atomic E-state index is 11.1. The zero-order chi connectivity index (χ0) is 11.8. The van der Waals surface area contributed by atoms with Crippen LogP contribution in [0.3, 0.4) is 0 Å². The highest BCUT2D eigenvalue weighted by Gasteiger charge is 2.17. The maximum atomic E-state index is 11.1. The normalized spacial score (nSPS) is 13.2. The standard InChI is InChI=1S/C13H10O3S/c14-13(15)12-10(4-6-17-12)8-1-2-11-9(7-8)3-5-16-11/h1-2,4,6-7H,3,5H2,(H,14,15). The lowest BCUT2D eigenvalue weighted by Gasteiger charge is -2.03. The largest absolute Gasteiger partial charge is 0.493 e. The van der Waals surface area contributed by atoms with Gasteiger partial charge in [-0.3, -0.25) is 0 Å². The fourth-order valence-corrected chi connectivity index (χ4v) is 2.81. The van der Waals surface area contributed by atoms with E-state index in [-0.39, 0.29) is 0 Å². The molecule has 17 heavy (non-hydrogen) atoms. The van der Waals surface area contributed by atoms with Gasteiger partial charge in [0.15, 0.2) is 0 Å². The predicted molar refractivity (Wildman–Crippen MR) is 65.9 cm³/mol. The molecular formula is C13H10O3S. The Morgan fingerprint density at radius 1 is 1.35 bits per heavy atom. The first-order valence-corrected chi connectivity index (χ1v) is 6.20. The number of carbonyl (C=O) groups is 1. The van der Waals surface area contributed by atoms with Crippen molar-refractivity contribution in [1.29, 1.82) is 0 Å². The third-order valence-corrected chi connectivity index (χ3v) is 3.76. The molecule has 0 fully saturated rings. The number of fused-ring (bicyclic) bond motifs is 1. The summed E-state index contributed by atoms with van der Waals surface area (Å²) in [4.78, 5) is 11.5. The Labute approximate surface area is 102 Å². The summed E-state index contributed by atoms with van der Waals surface area (Å²) in [7, 11) is 0. The van der Waals surface area contributed by atoms with Crippen LogP contribution in [0.25, 0.3) is 11.1 Å². The van der Waals surface area contributed by atoms with E-state index in [1.165, 1.54) is 11.3 Å². The first kappa shape index (κ1) is 10.4. The Morgan fingerprint density at radius 2 is 2.24 bits per heavy atom. The molecule has 0 atom stereocenters. The molecule has 1 N–H and O–H groups in total. The van der Waals surface area contributed by atoms with Gasteiger partial charge in [0.1, 0.15) is 10.6 Å². The number of ether oxygens (including phenoxy) is 1. The van der Waals surface area contributed by atoms with Gasteiger partial charge in [0.2, 0.25) is 0 Å². The topological polar surface area (TPSA) is 46.5 Å². The second-order valence-corrected chi connectivity index (χ2v) is 4.81. The molecule has 0 aliphatic carbocycles. The molecule has 0 spiro atoms. The van der Waals surface area contributed by atoms with Gasteiger partial charge in [0.25, 0.3) is 0 Å². The van der Waals surface area contributed by atoms with Gasteiger partial charge in [-0.15, -0.1) is 11.3 Å². The molecule has 3 rings (SSSR count). The van der Waals surface area contributed by atoms with E-state index in [4.69, 9.17) is 9.84 Å². The molecule has 0 bridgehead atoms. The number of rotatable bonds is 2. The van der Waals surface area contributed by atoms with E-state index < -0.39 is 5.97 Å². The van der Waals surface area contributed by atoms with Crippen LogP contribution >= 0.6 is 11.3 Å². The van der Waals surface area contributed by atoms with E-state index >= 15 is 0 Å². The van der Waals surface area contributed by atoms with Gasteiger partial charge in [0, 0.05) is 12.0 Å². The number of benzene rings is 1. The zero-order valence-corrected chi connectivity index (χ0v) is 9.79. The van der Waals surface area contributed by atoms with Crippen molar-refractivity contribution in [2.24, 2.45) is 0 Å². The minimum atomic E-state index is -0.869. The molecule has 2 heterocycles. The van der Waals surface area contributed by atoms with Gasteiger partial charge < -0.3 is 9.84 Å². The second kappa shape index (κ2) is 3.89. The van der Waals surface area contributed by atoms with Crippen molar-refractivity contribution in [3.05, 3.63) is 40.1 Å². The van der Waals surface area contributed by atoms with Crippen LogP contribution in [0.2, 0.25) is 0 Å². The van der Waals surface area contributed by atoms with E-state index in [0.717, 1.165) is 28.9 Å². The number of hydrogen-bond donors (Lipinski definition) is 1. The highest BCUT2D eigenvalue weighted by molar-refractivity contribution is 7.12. The highest BCUT2D eigenvalue weighted by Crippen LogP contribution is 2.33. The molecular weight excluding hydrogens is 236 g/mol. The summed E-state index contributed by atoms with van der Waals surface area (Å²) in [5, 5.41) is 10.9. The molecule has 1 aliphatic heterocycles. The predicted octanol–water partition coefficient (Wildman–Crippen LogP) is 3.05. The summed E-state index contributed by atoms with van der Waals surface area (Å²) in [6.45, 7) is 0.716. The van der Waals surface area contributed by atoms with Crippen molar-refractivity contribution >= 4 is 17.3 Å². The van der Waals surface area contributed by atoms with Crippen molar-refractivity contribution < 1.29 is 14.6 Å². The minimum absolute atomic E-state index is 0.392. The molecule has 0 unspecified atom stereocenters. The quantitative estimate of drug-likeness (QED) is 0.885. The molecule has 86 valence electrons. The molecule has 0 radical (unpaired) electrons. The van der Waals surface area contributed by atoms with Gasteiger partial charge in [-0.25, -0.2) is 4.79 Å². The number of hydrogen-bond acceptors (Lipinski definition) is 3. The summed E-state index contributed by atoms with van der Waals surface area (Å²) in [5.41, 5.74) is 2.90. The van der Waals surface area contributed by atoms with Crippen molar-refractivity contribution in [3.8, 4) is 16.9 Å². The molecule has 0 saturated carbocycles. The number of thiophene rings is 1. The zero-order valence-electron chi connectivity index (χ0n) is 8.97. The summed E-state index contributed by atoms with van der Waals surface area (Å²) in [6.07, 6.45) is 0.899. The Hall–Kier alpha value is -1.81. The van der Waals surface area contributed by atoms with Crippen LogP contribution in [0.1, 0.15) is 15.2 Å². The third kappa shape index (κ3) is 1.70. The monoisotopic (exact) mass is 246 g/mol. The first-order chi connectivity index (χ1) is 8.25. The van der Waals surface area contributed by atoms with Crippen LogP contribution in [0.5, 0.6) is 5.75 Å². The Morgan fingerprint density at radius 3 is 3.06 bits per heavy atom. The van der Waals surface area contributed by atoms with Crippen molar-refractivity contribution in [2.45, 2.75) is 6.42 Å². The van der Waals surface area contributed by atoms with E-state index in [0.29, 0.717) is 11.5 Å².